The summed E-state index contributed by atoms with van der Waals surface area (Å²) < 4.78 is 0. The highest BCUT2D eigenvalue weighted by Gasteiger charge is 2.29. The highest BCUT2D eigenvalue weighted by molar-refractivity contribution is 5.68. The molecule has 2 rings (SSSR count). The summed E-state index contributed by atoms with van der Waals surface area (Å²) in [6.07, 6.45) is 2.35. The van der Waals surface area contributed by atoms with E-state index in [-0.39, 0.29) is 11.7 Å². The number of anilines is 1. The van der Waals surface area contributed by atoms with Crippen LogP contribution in [-0.4, -0.2) is 40.2 Å². The maximum atomic E-state index is 11.0. The highest BCUT2D eigenvalue weighted by atomic mass is 16.6. The van der Waals surface area contributed by atoms with E-state index < -0.39 is 11.0 Å². The molecule has 0 unspecified atom stereocenters. The van der Waals surface area contributed by atoms with Gasteiger partial charge in [0, 0.05) is 19.3 Å². The molecular formula is C11H14N4O4. The minimum absolute atomic E-state index is 0.0454. The average molecular weight is 266 g/mol. The van der Waals surface area contributed by atoms with Crippen LogP contribution < -0.4 is 10.2 Å². The molecule has 0 spiro atoms. The van der Waals surface area contributed by atoms with Crippen LogP contribution in [0.1, 0.15) is 12.0 Å². The second kappa shape index (κ2) is 5.09. The smallest absolute Gasteiger partial charge is 0.404 e. The van der Waals surface area contributed by atoms with Crippen molar-refractivity contribution in [1.29, 1.82) is 0 Å². The van der Waals surface area contributed by atoms with E-state index in [1.807, 2.05) is 4.90 Å². The minimum Gasteiger partial charge on any atom is -0.465 e. The van der Waals surface area contributed by atoms with Gasteiger partial charge in [-0.3, -0.25) is 15.1 Å². The predicted molar refractivity (Wildman–Crippen MR) is 67.4 cm³/mol. The van der Waals surface area contributed by atoms with Crippen LogP contribution in [0.2, 0.25) is 0 Å². The number of pyridine rings is 1. The lowest BCUT2D eigenvalue weighted by atomic mass is 10.2. The topological polar surface area (TPSA) is 109 Å². The van der Waals surface area contributed by atoms with Crippen LogP contribution >= 0.6 is 0 Å². The van der Waals surface area contributed by atoms with Gasteiger partial charge in [-0.05, 0) is 18.9 Å². The van der Waals surface area contributed by atoms with Crippen LogP contribution in [0.4, 0.5) is 16.2 Å². The predicted octanol–water partition coefficient (Wildman–Crippen LogP) is 1.14. The molecule has 1 fully saturated rings. The van der Waals surface area contributed by atoms with Crippen LogP contribution in [0.25, 0.3) is 0 Å². The fourth-order valence-corrected chi connectivity index (χ4v) is 2.34. The summed E-state index contributed by atoms with van der Waals surface area (Å²) in [5.74, 6) is 0. The number of carboxylic acid groups (broad SMARTS) is 1. The quantitative estimate of drug-likeness (QED) is 0.627. The van der Waals surface area contributed by atoms with Crippen LogP contribution in [0.3, 0.4) is 0 Å². The van der Waals surface area contributed by atoms with Crippen molar-refractivity contribution in [2.75, 3.05) is 18.0 Å². The van der Waals surface area contributed by atoms with Gasteiger partial charge in [-0.2, -0.15) is 0 Å². The molecule has 2 N–H and O–H groups in total. The zero-order chi connectivity index (χ0) is 14.0. The Bertz CT molecular complexity index is 519. The number of carbonyl (C=O) groups is 1. The van der Waals surface area contributed by atoms with Gasteiger partial charge in [0.15, 0.2) is 0 Å². The molecule has 8 heteroatoms. The number of nitrogens with one attached hydrogen (secondary N) is 1. The monoisotopic (exact) mass is 266 g/mol. The largest absolute Gasteiger partial charge is 0.465 e. The molecule has 102 valence electrons. The molecule has 0 radical (unpaired) electrons. The minimum atomic E-state index is -1.08. The number of hydrogen-bond donors (Lipinski definition) is 2. The van der Waals surface area contributed by atoms with E-state index in [2.05, 4.69) is 10.3 Å². The molecule has 1 aliphatic rings. The third-order valence-electron chi connectivity index (χ3n) is 3.11. The Morgan fingerprint density at radius 2 is 2.37 bits per heavy atom. The van der Waals surface area contributed by atoms with E-state index in [1.54, 1.807) is 13.1 Å². The lowest BCUT2D eigenvalue weighted by molar-refractivity contribution is -0.384. The summed E-state index contributed by atoms with van der Waals surface area (Å²) in [6.45, 7) is 2.77. The van der Waals surface area contributed by atoms with Crippen LogP contribution in [0.15, 0.2) is 12.4 Å². The first-order valence-corrected chi connectivity index (χ1v) is 5.82. The fraction of sp³-hybridized carbons (Fsp3) is 0.455. The third kappa shape index (κ3) is 2.72. The number of rotatable bonds is 3. The fourth-order valence-electron chi connectivity index (χ4n) is 2.34. The van der Waals surface area contributed by atoms with Gasteiger partial charge in [0.2, 0.25) is 0 Å². The molecule has 19 heavy (non-hydrogen) atoms. The van der Waals surface area contributed by atoms with Crippen molar-refractivity contribution in [3.63, 3.8) is 0 Å². The van der Waals surface area contributed by atoms with Crippen molar-refractivity contribution >= 4 is 17.5 Å². The highest BCUT2D eigenvalue weighted by Crippen LogP contribution is 2.32. The van der Waals surface area contributed by atoms with Gasteiger partial charge in [-0.25, -0.2) is 4.79 Å². The first-order chi connectivity index (χ1) is 8.99. The van der Waals surface area contributed by atoms with E-state index >= 15 is 0 Å². The SMILES string of the molecule is Cc1cncc([N+](=O)[O-])c1N1CC[C@H](NC(=O)O)C1. The van der Waals surface area contributed by atoms with Crippen molar-refractivity contribution in [1.82, 2.24) is 10.3 Å². The zero-order valence-electron chi connectivity index (χ0n) is 10.4. The Morgan fingerprint density at radius 3 is 3.00 bits per heavy atom. The van der Waals surface area contributed by atoms with E-state index in [9.17, 15) is 14.9 Å². The Kier molecular flexibility index (Phi) is 3.50. The number of aromatic nitrogens is 1. The van der Waals surface area contributed by atoms with Gasteiger partial charge in [-0.1, -0.05) is 0 Å². The summed E-state index contributed by atoms with van der Waals surface area (Å²) >= 11 is 0. The number of nitro groups is 1. The maximum absolute atomic E-state index is 11.0. The van der Waals surface area contributed by atoms with Gasteiger partial charge in [0.1, 0.15) is 11.9 Å². The van der Waals surface area contributed by atoms with Gasteiger partial charge in [0.05, 0.1) is 11.0 Å². The van der Waals surface area contributed by atoms with Gasteiger partial charge in [-0.15, -0.1) is 0 Å². The second-order valence-corrected chi connectivity index (χ2v) is 4.46. The van der Waals surface area contributed by atoms with Crippen molar-refractivity contribution in [2.24, 2.45) is 0 Å². The Morgan fingerprint density at radius 1 is 1.63 bits per heavy atom. The van der Waals surface area contributed by atoms with E-state index in [0.717, 1.165) is 0 Å². The lowest BCUT2D eigenvalue weighted by Gasteiger charge is -2.20. The molecule has 1 aromatic heterocycles. The summed E-state index contributed by atoms with van der Waals surface area (Å²) in [4.78, 5) is 26.8. The molecule has 0 bridgehead atoms. The molecule has 1 amide bonds. The van der Waals surface area contributed by atoms with E-state index in [1.165, 1.54) is 6.20 Å². The van der Waals surface area contributed by atoms with Crippen molar-refractivity contribution in [2.45, 2.75) is 19.4 Å². The standard InChI is InChI=1S/C11H14N4O4/c1-7-4-12-5-9(15(18)19)10(7)14-3-2-8(6-14)13-11(16)17/h4-5,8,13H,2-3,6H2,1H3,(H,16,17)/t8-/m0/s1. The van der Waals surface area contributed by atoms with Gasteiger partial charge in [0.25, 0.3) is 0 Å². The van der Waals surface area contributed by atoms with E-state index in [0.29, 0.717) is 30.8 Å². The molecule has 0 saturated carbocycles. The normalized spacial score (nSPS) is 18.4. The molecule has 1 aliphatic heterocycles. The number of nitrogens with zero attached hydrogens (tertiary/aromatic N) is 3. The van der Waals surface area contributed by atoms with Crippen molar-refractivity contribution in [3.05, 3.63) is 28.1 Å². The van der Waals surface area contributed by atoms with Crippen molar-refractivity contribution < 1.29 is 14.8 Å². The molecule has 1 saturated heterocycles. The first-order valence-electron chi connectivity index (χ1n) is 5.82. The van der Waals surface area contributed by atoms with Gasteiger partial charge >= 0.3 is 11.8 Å². The lowest BCUT2D eigenvalue weighted by Crippen LogP contribution is -2.36. The Balaban J connectivity index is 2.24. The molecule has 1 aromatic rings. The average Bonchev–Trinajstić information content (AvgIpc) is 2.75. The van der Waals surface area contributed by atoms with Crippen LogP contribution in [0.5, 0.6) is 0 Å². The zero-order valence-corrected chi connectivity index (χ0v) is 10.4. The van der Waals surface area contributed by atoms with Gasteiger partial charge < -0.3 is 15.3 Å². The van der Waals surface area contributed by atoms with Crippen molar-refractivity contribution in [3.8, 4) is 0 Å². The molecular weight excluding hydrogens is 252 g/mol. The molecule has 2 heterocycles. The summed E-state index contributed by atoms with van der Waals surface area (Å²) in [5, 5.41) is 22.1. The molecule has 8 nitrogen and oxygen atoms in total. The molecule has 0 aromatic carbocycles. The van der Waals surface area contributed by atoms with Crippen LogP contribution in [-0.2, 0) is 0 Å². The Labute approximate surface area is 109 Å². The number of hydrogen-bond acceptors (Lipinski definition) is 5. The second-order valence-electron chi connectivity index (χ2n) is 4.46. The van der Waals surface area contributed by atoms with E-state index in [4.69, 9.17) is 5.11 Å². The maximum Gasteiger partial charge on any atom is 0.404 e. The third-order valence-corrected chi connectivity index (χ3v) is 3.11. The van der Waals surface area contributed by atoms with Crippen LogP contribution in [0, 0.1) is 17.0 Å². The molecule has 1 atom stereocenters. The summed E-state index contributed by atoms with van der Waals surface area (Å²) in [7, 11) is 0. The summed E-state index contributed by atoms with van der Waals surface area (Å²) in [5.41, 5.74) is 1.19. The number of amides is 1. The summed E-state index contributed by atoms with van der Waals surface area (Å²) in [6, 6.07) is -0.204. The Hall–Kier alpha value is -2.38. The molecule has 0 aliphatic carbocycles. The first kappa shape index (κ1) is 13.1. The number of aryl methyl sites for hydroxylation is 1.